The van der Waals surface area contributed by atoms with Crippen LogP contribution >= 0.6 is 0 Å². The van der Waals surface area contributed by atoms with E-state index < -0.39 is 0 Å². The van der Waals surface area contributed by atoms with Crippen molar-refractivity contribution in [3.63, 3.8) is 0 Å². The molecule has 0 N–H and O–H groups in total. The van der Waals surface area contributed by atoms with Crippen LogP contribution in [0.25, 0.3) is 0 Å². The van der Waals surface area contributed by atoms with Gasteiger partial charge in [-0.05, 0) is 12.5 Å². The van der Waals surface area contributed by atoms with Crippen molar-refractivity contribution >= 4 is 0 Å². The molecule has 0 rings (SSSR count). The normalized spacial score (nSPS) is 11.1. The van der Waals surface area contributed by atoms with Gasteiger partial charge in [-0.2, -0.15) is 5.26 Å². The fraction of sp³-hybridized carbons (Fsp3) is 0.125. The Morgan fingerprint density at radius 1 is 1.44 bits per heavy atom. The zero-order chi connectivity index (χ0) is 7.28. The summed E-state index contributed by atoms with van der Waals surface area (Å²) >= 11 is 0. The summed E-state index contributed by atoms with van der Waals surface area (Å²) < 4.78 is 0. The Balaban J connectivity index is 4.63. The molecule has 9 heavy (non-hydrogen) atoms. The van der Waals surface area contributed by atoms with Crippen LogP contribution in [-0.4, -0.2) is 0 Å². The number of rotatable bonds is 2. The molecule has 46 valence electrons. The van der Waals surface area contributed by atoms with E-state index in [1.165, 1.54) is 6.08 Å². The van der Waals surface area contributed by atoms with Gasteiger partial charge in [-0.3, -0.25) is 0 Å². The minimum atomic E-state index is 0.588. The van der Waals surface area contributed by atoms with Crippen molar-refractivity contribution in [2.45, 2.75) is 6.92 Å². The fourth-order valence-electron chi connectivity index (χ4n) is 0.405. The minimum absolute atomic E-state index is 0.588. The van der Waals surface area contributed by atoms with Crippen LogP contribution in [0.15, 0.2) is 36.5 Å². The summed E-state index contributed by atoms with van der Waals surface area (Å²) in [5, 5.41) is 8.40. The monoisotopic (exact) mass is 119 g/mol. The summed E-state index contributed by atoms with van der Waals surface area (Å²) in [6, 6.07) is 1.99. The molecular weight excluding hydrogens is 110 g/mol. The highest BCUT2D eigenvalue weighted by Gasteiger charge is 1.89. The van der Waals surface area contributed by atoms with Gasteiger partial charge in [0.2, 0.25) is 0 Å². The summed E-state index contributed by atoms with van der Waals surface area (Å²) in [7, 11) is 0. The van der Waals surface area contributed by atoms with Gasteiger partial charge >= 0.3 is 0 Å². The lowest BCUT2D eigenvalue weighted by molar-refractivity contribution is 1.43. The molecule has 0 fully saturated rings. The molecule has 0 radical (unpaired) electrons. The van der Waals surface area contributed by atoms with E-state index in [9.17, 15) is 0 Å². The third-order valence-electron chi connectivity index (χ3n) is 1.06. The summed E-state index contributed by atoms with van der Waals surface area (Å²) in [5.41, 5.74) is 1.46. The van der Waals surface area contributed by atoms with E-state index in [2.05, 4.69) is 13.2 Å². The highest BCUT2D eigenvalue weighted by atomic mass is 14.2. The highest BCUT2D eigenvalue weighted by Crippen LogP contribution is 2.03. The Morgan fingerprint density at radius 3 is 2.11 bits per heavy atom. The van der Waals surface area contributed by atoms with Crippen molar-refractivity contribution < 1.29 is 0 Å². The second kappa shape index (κ2) is 3.68. The minimum Gasteiger partial charge on any atom is -0.192 e. The molecular formula is C8H9N. The van der Waals surface area contributed by atoms with E-state index in [0.29, 0.717) is 5.57 Å². The molecule has 0 aliphatic heterocycles. The van der Waals surface area contributed by atoms with Crippen LogP contribution in [0.3, 0.4) is 0 Å². The summed E-state index contributed by atoms with van der Waals surface area (Å²) in [6.45, 7) is 8.82. The molecule has 0 aliphatic rings. The van der Waals surface area contributed by atoms with E-state index in [1.807, 2.05) is 13.0 Å². The first-order valence-corrected chi connectivity index (χ1v) is 2.62. The van der Waals surface area contributed by atoms with Gasteiger partial charge in [0.15, 0.2) is 0 Å². The third-order valence-corrected chi connectivity index (χ3v) is 1.06. The average Bonchev–Trinajstić information content (AvgIpc) is 1.90. The van der Waals surface area contributed by atoms with Gasteiger partial charge in [-0.25, -0.2) is 0 Å². The predicted octanol–water partition coefficient (Wildman–Crippen LogP) is 2.20. The Kier molecular flexibility index (Phi) is 3.15. The van der Waals surface area contributed by atoms with E-state index in [4.69, 9.17) is 5.26 Å². The van der Waals surface area contributed by atoms with Gasteiger partial charge in [0, 0.05) is 0 Å². The lowest BCUT2D eigenvalue weighted by atomic mass is 10.1. The summed E-state index contributed by atoms with van der Waals surface area (Å²) in [6.07, 6.45) is 3.16. The van der Waals surface area contributed by atoms with Gasteiger partial charge in [0.05, 0.1) is 11.6 Å². The maximum absolute atomic E-state index is 8.40. The van der Waals surface area contributed by atoms with Crippen LogP contribution in [0.1, 0.15) is 6.92 Å². The van der Waals surface area contributed by atoms with Crippen molar-refractivity contribution in [1.82, 2.24) is 0 Å². The quantitative estimate of drug-likeness (QED) is 0.404. The average molecular weight is 119 g/mol. The molecule has 0 aromatic carbocycles. The topological polar surface area (TPSA) is 23.8 Å². The fourth-order valence-corrected chi connectivity index (χ4v) is 0.405. The van der Waals surface area contributed by atoms with E-state index in [-0.39, 0.29) is 0 Å². The van der Waals surface area contributed by atoms with Crippen LogP contribution in [0, 0.1) is 11.3 Å². The Morgan fingerprint density at radius 2 is 2.00 bits per heavy atom. The van der Waals surface area contributed by atoms with Gasteiger partial charge in [0.1, 0.15) is 0 Å². The van der Waals surface area contributed by atoms with Crippen molar-refractivity contribution in [2.75, 3.05) is 0 Å². The summed E-state index contributed by atoms with van der Waals surface area (Å²) in [4.78, 5) is 0. The Labute approximate surface area is 55.6 Å². The Hall–Kier alpha value is -1.29. The number of hydrogen-bond acceptors (Lipinski definition) is 1. The van der Waals surface area contributed by atoms with Gasteiger partial charge in [-0.15, -0.1) is 0 Å². The van der Waals surface area contributed by atoms with Crippen LogP contribution in [0.2, 0.25) is 0 Å². The summed E-state index contributed by atoms with van der Waals surface area (Å²) in [5.74, 6) is 0. The van der Waals surface area contributed by atoms with E-state index in [0.717, 1.165) is 5.57 Å². The smallest absolute Gasteiger partial charge is 0.0994 e. The number of hydrogen-bond donors (Lipinski definition) is 0. The van der Waals surface area contributed by atoms with Crippen LogP contribution in [-0.2, 0) is 0 Å². The highest BCUT2D eigenvalue weighted by molar-refractivity contribution is 5.39. The molecule has 0 aromatic rings. The molecule has 0 amide bonds. The number of nitriles is 1. The zero-order valence-electron chi connectivity index (χ0n) is 5.52. The predicted molar refractivity (Wildman–Crippen MR) is 38.7 cm³/mol. The lowest BCUT2D eigenvalue weighted by Crippen LogP contribution is -1.75. The molecule has 0 unspecified atom stereocenters. The SMILES string of the molecule is C=C/C(C)=C(/C#N)C=C. The number of nitrogens with zero attached hydrogens (tertiary/aromatic N) is 1. The molecule has 0 bridgehead atoms. The number of allylic oxidation sites excluding steroid dienone is 4. The zero-order valence-corrected chi connectivity index (χ0v) is 5.52. The van der Waals surface area contributed by atoms with Gasteiger partial charge in [-0.1, -0.05) is 25.3 Å². The molecule has 0 aliphatic carbocycles. The second-order valence-corrected chi connectivity index (χ2v) is 1.62. The molecule has 0 spiro atoms. The molecule has 0 saturated carbocycles. The largest absolute Gasteiger partial charge is 0.192 e. The van der Waals surface area contributed by atoms with Crippen molar-refractivity contribution in [3.05, 3.63) is 36.5 Å². The van der Waals surface area contributed by atoms with Crippen molar-refractivity contribution in [3.8, 4) is 6.07 Å². The van der Waals surface area contributed by atoms with Crippen LogP contribution in [0.4, 0.5) is 0 Å². The first-order valence-electron chi connectivity index (χ1n) is 2.62. The molecule has 0 aromatic heterocycles. The molecule has 1 heteroatoms. The van der Waals surface area contributed by atoms with Crippen molar-refractivity contribution in [1.29, 1.82) is 5.26 Å². The molecule has 1 nitrogen and oxygen atoms in total. The standard InChI is InChI=1S/C8H9N/c1-4-7(3)8(5-2)6-9/h4-5H,1-2H2,3H3/b8-7+. The first-order chi connectivity index (χ1) is 4.26. The maximum atomic E-state index is 8.40. The van der Waals surface area contributed by atoms with Gasteiger partial charge < -0.3 is 0 Å². The first kappa shape index (κ1) is 7.71. The lowest BCUT2D eigenvalue weighted by Gasteiger charge is -1.89. The van der Waals surface area contributed by atoms with Gasteiger partial charge in [0.25, 0.3) is 0 Å². The van der Waals surface area contributed by atoms with E-state index in [1.54, 1.807) is 6.08 Å². The van der Waals surface area contributed by atoms with E-state index >= 15 is 0 Å². The van der Waals surface area contributed by atoms with Crippen molar-refractivity contribution in [2.24, 2.45) is 0 Å². The van der Waals surface area contributed by atoms with Crippen LogP contribution in [0.5, 0.6) is 0 Å². The molecule has 0 saturated heterocycles. The molecule has 0 heterocycles. The Bertz CT molecular complexity index is 191. The third kappa shape index (κ3) is 1.96. The van der Waals surface area contributed by atoms with Crippen LogP contribution < -0.4 is 0 Å². The molecule has 0 atom stereocenters. The maximum Gasteiger partial charge on any atom is 0.0994 e. The second-order valence-electron chi connectivity index (χ2n) is 1.62.